The first-order valence-corrected chi connectivity index (χ1v) is 7.11. The topological polar surface area (TPSA) is 86.9 Å². The van der Waals surface area contributed by atoms with E-state index in [1.54, 1.807) is 13.1 Å². The van der Waals surface area contributed by atoms with E-state index in [2.05, 4.69) is 20.2 Å². The Bertz CT molecular complexity index is 481. The van der Waals surface area contributed by atoms with Crippen LogP contribution < -0.4 is 11.1 Å². The molecule has 0 saturated carbocycles. The summed E-state index contributed by atoms with van der Waals surface area (Å²) in [6.45, 7) is 6.46. The molecule has 0 bridgehead atoms. The van der Waals surface area contributed by atoms with Gasteiger partial charge in [0, 0.05) is 45.8 Å². The Labute approximate surface area is 124 Å². The highest BCUT2D eigenvalue weighted by Gasteiger charge is 2.17. The number of pyridine rings is 1. The summed E-state index contributed by atoms with van der Waals surface area (Å²) < 4.78 is 0. The number of carbonyl (C=O) groups excluding carboxylic acids is 1. The third-order valence-electron chi connectivity index (χ3n) is 3.44. The van der Waals surface area contributed by atoms with E-state index in [9.17, 15) is 4.79 Å². The van der Waals surface area contributed by atoms with Crippen molar-refractivity contribution >= 4 is 17.7 Å². The van der Waals surface area contributed by atoms with Crippen LogP contribution in [0, 0.1) is 0 Å². The minimum Gasteiger partial charge on any atom is -0.370 e. The van der Waals surface area contributed by atoms with Gasteiger partial charge in [0.15, 0.2) is 5.96 Å². The molecule has 1 aromatic heterocycles. The van der Waals surface area contributed by atoms with Gasteiger partial charge in [-0.1, -0.05) is 6.07 Å². The van der Waals surface area contributed by atoms with Crippen LogP contribution in [0.5, 0.6) is 0 Å². The Hall–Kier alpha value is -2.15. The van der Waals surface area contributed by atoms with Crippen LogP contribution in [0.2, 0.25) is 0 Å². The maximum Gasteiger partial charge on any atom is 0.219 e. The molecule has 1 aromatic rings. The second kappa shape index (κ2) is 7.58. The zero-order valence-electron chi connectivity index (χ0n) is 12.3. The van der Waals surface area contributed by atoms with Crippen LogP contribution in [0.3, 0.4) is 0 Å². The molecule has 114 valence electrons. The first-order chi connectivity index (χ1) is 10.1. The van der Waals surface area contributed by atoms with Gasteiger partial charge < -0.3 is 16.0 Å². The van der Waals surface area contributed by atoms with E-state index in [-0.39, 0.29) is 5.91 Å². The van der Waals surface area contributed by atoms with Gasteiger partial charge in [0.25, 0.3) is 0 Å². The summed E-state index contributed by atoms with van der Waals surface area (Å²) in [5, 5.41) is 2.95. The Morgan fingerprint density at radius 2 is 2.14 bits per heavy atom. The van der Waals surface area contributed by atoms with Crippen LogP contribution in [0.4, 0.5) is 5.82 Å². The number of nitrogens with one attached hydrogen (secondary N) is 1. The Morgan fingerprint density at radius 3 is 2.76 bits per heavy atom. The number of nitrogens with zero attached hydrogens (tertiary/aromatic N) is 4. The van der Waals surface area contributed by atoms with E-state index >= 15 is 0 Å². The van der Waals surface area contributed by atoms with E-state index in [0.29, 0.717) is 18.3 Å². The first kappa shape index (κ1) is 15.2. The van der Waals surface area contributed by atoms with Gasteiger partial charge in [-0.05, 0) is 12.1 Å². The van der Waals surface area contributed by atoms with Crippen molar-refractivity contribution in [3.05, 3.63) is 24.4 Å². The van der Waals surface area contributed by atoms with Gasteiger partial charge in [0.05, 0.1) is 6.54 Å². The van der Waals surface area contributed by atoms with Gasteiger partial charge in [-0.25, -0.2) is 4.98 Å². The lowest BCUT2D eigenvalue weighted by molar-refractivity contribution is -0.130. The van der Waals surface area contributed by atoms with Crippen molar-refractivity contribution in [2.24, 2.45) is 10.7 Å². The van der Waals surface area contributed by atoms with Crippen LogP contribution >= 0.6 is 0 Å². The Kier molecular flexibility index (Phi) is 5.51. The quantitative estimate of drug-likeness (QED) is 0.601. The number of aromatic nitrogens is 1. The fourth-order valence-electron chi connectivity index (χ4n) is 2.21. The van der Waals surface area contributed by atoms with Gasteiger partial charge in [0.2, 0.25) is 5.91 Å². The number of aliphatic imine (C=N–C) groups is 1. The van der Waals surface area contributed by atoms with E-state index in [1.807, 2.05) is 23.1 Å². The summed E-state index contributed by atoms with van der Waals surface area (Å²) in [6, 6.07) is 5.57. The van der Waals surface area contributed by atoms with Crippen molar-refractivity contribution in [3.63, 3.8) is 0 Å². The third-order valence-corrected chi connectivity index (χ3v) is 3.44. The molecule has 1 saturated heterocycles. The molecule has 0 unspecified atom stereocenters. The molecule has 1 amide bonds. The number of anilines is 1. The van der Waals surface area contributed by atoms with Gasteiger partial charge in [-0.15, -0.1) is 0 Å². The van der Waals surface area contributed by atoms with E-state index in [4.69, 9.17) is 5.73 Å². The largest absolute Gasteiger partial charge is 0.370 e. The summed E-state index contributed by atoms with van der Waals surface area (Å²) in [4.78, 5) is 23.8. The number of nitrogens with two attached hydrogens (primary N) is 1. The lowest BCUT2D eigenvalue weighted by atomic mass is 10.3. The summed E-state index contributed by atoms with van der Waals surface area (Å²) in [5.74, 6) is 1.21. The number of hydrogen-bond acceptors (Lipinski definition) is 4. The zero-order chi connectivity index (χ0) is 15.1. The molecule has 0 aliphatic carbocycles. The maximum absolute atomic E-state index is 11.2. The lowest BCUT2D eigenvalue weighted by Crippen LogP contribution is -2.48. The monoisotopic (exact) mass is 290 g/mol. The number of guanidine groups is 1. The minimum atomic E-state index is 0.150. The Morgan fingerprint density at radius 1 is 1.38 bits per heavy atom. The standard InChI is InChI=1S/C14H22N6O/c1-12(21)20-10-8-19(9-11-20)7-6-17-14(15)18-13-4-2-3-5-16-13/h2-5H,6-11H2,1H3,(H3,15,16,17,18). The van der Waals surface area contributed by atoms with Gasteiger partial charge in [-0.3, -0.25) is 14.7 Å². The van der Waals surface area contributed by atoms with E-state index < -0.39 is 0 Å². The van der Waals surface area contributed by atoms with Crippen molar-refractivity contribution < 1.29 is 4.79 Å². The first-order valence-electron chi connectivity index (χ1n) is 7.11. The van der Waals surface area contributed by atoms with Gasteiger partial charge >= 0.3 is 0 Å². The van der Waals surface area contributed by atoms with E-state index in [1.165, 1.54) is 0 Å². The molecule has 0 spiro atoms. The molecule has 1 fully saturated rings. The molecule has 0 aromatic carbocycles. The summed E-state index contributed by atoms with van der Waals surface area (Å²) in [7, 11) is 0. The van der Waals surface area contributed by atoms with Crippen molar-refractivity contribution in [2.75, 3.05) is 44.6 Å². The third kappa shape index (κ3) is 5.03. The zero-order valence-corrected chi connectivity index (χ0v) is 12.3. The SMILES string of the molecule is CC(=O)N1CCN(CCN=C(N)Nc2ccccn2)CC1. The van der Waals surface area contributed by atoms with Crippen LogP contribution in [-0.2, 0) is 4.79 Å². The average Bonchev–Trinajstić information content (AvgIpc) is 2.49. The molecule has 7 heteroatoms. The smallest absolute Gasteiger partial charge is 0.219 e. The average molecular weight is 290 g/mol. The van der Waals surface area contributed by atoms with Crippen molar-refractivity contribution in [2.45, 2.75) is 6.92 Å². The highest BCUT2D eigenvalue weighted by molar-refractivity contribution is 5.91. The number of piperazine rings is 1. The predicted octanol–water partition coefficient (Wildman–Crippen LogP) is -0.0277. The molecule has 0 radical (unpaired) electrons. The second-order valence-electron chi connectivity index (χ2n) is 4.95. The molecule has 2 rings (SSSR count). The second-order valence-corrected chi connectivity index (χ2v) is 4.95. The van der Waals surface area contributed by atoms with Gasteiger partial charge in [-0.2, -0.15) is 0 Å². The molecule has 0 atom stereocenters. The number of hydrogen-bond donors (Lipinski definition) is 2. The molecular formula is C14H22N6O. The highest BCUT2D eigenvalue weighted by atomic mass is 16.2. The van der Waals surface area contributed by atoms with Crippen LogP contribution in [0.15, 0.2) is 29.4 Å². The van der Waals surface area contributed by atoms with Crippen molar-refractivity contribution in [3.8, 4) is 0 Å². The predicted molar refractivity (Wildman–Crippen MR) is 83.0 cm³/mol. The van der Waals surface area contributed by atoms with Crippen molar-refractivity contribution in [1.29, 1.82) is 0 Å². The van der Waals surface area contributed by atoms with Crippen LogP contribution in [0.25, 0.3) is 0 Å². The summed E-state index contributed by atoms with van der Waals surface area (Å²) in [5.41, 5.74) is 5.81. The molecule has 2 heterocycles. The van der Waals surface area contributed by atoms with Crippen molar-refractivity contribution in [1.82, 2.24) is 14.8 Å². The van der Waals surface area contributed by atoms with Gasteiger partial charge in [0.1, 0.15) is 5.82 Å². The normalized spacial score (nSPS) is 16.8. The number of carbonyl (C=O) groups is 1. The fourth-order valence-corrected chi connectivity index (χ4v) is 2.21. The molecule has 21 heavy (non-hydrogen) atoms. The summed E-state index contributed by atoms with van der Waals surface area (Å²) >= 11 is 0. The molecule has 7 nitrogen and oxygen atoms in total. The molecule has 1 aliphatic rings. The molecular weight excluding hydrogens is 268 g/mol. The van der Waals surface area contributed by atoms with E-state index in [0.717, 1.165) is 32.7 Å². The highest BCUT2D eigenvalue weighted by Crippen LogP contribution is 2.02. The molecule has 3 N–H and O–H groups in total. The van der Waals surface area contributed by atoms with Crippen LogP contribution in [0.1, 0.15) is 6.92 Å². The van der Waals surface area contributed by atoms with Crippen LogP contribution in [-0.4, -0.2) is 65.9 Å². The minimum absolute atomic E-state index is 0.150. The number of rotatable bonds is 4. The Balaban J connectivity index is 1.69. The molecule has 1 aliphatic heterocycles. The summed E-state index contributed by atoms with van der Waals surface area (Å²) in [6.07, 6.45) is 1.70. The number of amides is 1. The lowest BCUT2D eigenvalue weighted by Gasteiger charge is -2.33. The maximum atomic E-state index is 11.2. The fraction of sp³-hybridized carbons (Fsp3) is 0.500.